The number of nitrogens with zero attached hydrogens (tertiary/aromatic N) is 4. The molecule has 2 heterocycles. The van der Waals surface area contributed by atoms with Crippen LogP contribution in [0.5, 0.6) is 6.01 Å². The number of ether oxygens (including phenoxy) is 2. The monoisotopic (exact) mass is 496 g/mol. The zero-order valence-electron chi connectivity index (χ0n) is 21.7. The number of carbonyl (C=O) groups excluding carboxylic acids is 1. The number of piperazine rings is 1. The Morgan fingerprint density at radius 2 is 1.94 bits per heavy atom. The average molecular weight is 497 g/mol. The normalized spacial score (nSPS) is 18.6. The molecule has 190 valence electrons. The predicted octanol–water partition coefficient (Wildman–Crippen LogP) is 4.37. The third kappa shape index (κ3) is 6.62. The van der Waals surface area contributed by atoms with Crippen molar-refractivity contribution in [1.29, 1.82) is 0 Å². The average Bonchev–Trinajstić information content (AvgIpc) is 2.75. The quantitative estimate of drug-likeness (QED) is 0.582. The van der Waals surface area contributed by atoms with Crippen LogP contribution in [0.3, 0.4) is 0 Å². The van der Waals surface area contributed by atoms with Crippen LogP contribution in [0.25, 0.3) is 11.4 Å². The van der Waals surface area contributed by atoms with E-state index in [1.165, 1.54) is 7.11 Å². The van der Waals surface area contributed by atoms with Crippen LogP contribution in [0.2, 0.25) is 0 Å². The van der Waals surface area contributed by atoms with Gasteiger partial charge >= 0.3 is 12.1 Å². The molecule has 0 saturated carbocycles. The molecule has 1 atom stereocenters. The highest BCUT2D eigenvalue weighted by Gasteiger charge is 2.35. The molecule has 1 saturated heterocycles. The van der Waals surface area contributed by atoms with Crippen molar-refractivity contribution < 1.29 is 18.7 Å². The van der Waals surface area contributed by atoms with E-state index >= 15 is 4.39 Å². The van der Waals surface area contributed by atoms with Gasteiger partial charge in [0.1, 0.15) is 16.8 Å². The molecule has 0 aliphatic carbocycles. The summed E-state index contributed by atoms with van der Waals surface area (Å²) in [6, 6.07) is -0.0349. The molecule has 0 spiro atoms. The van der Waals surface area contributed by atoms with Gasteiger partial charge in [-0.3, -0.25) is 0 Å². The van der Waals surface area contributed by atoms with Crippen LogP contribution in [0.15, 0.2) is 11.6 Å². The summed E-state index contributed by atoms with van der Waals surface area (Å²) in [5, 5.41) is 0.440. The van der Waals surface area contributed by atoms with Crippen LogP contribution in [0, 0.1) is 5.92 Å². The molecule has 2 rings (SSSR count). The lowest BCUT2D eigenvalue weighted by Crippen LogP contribution is -2.59. The summed E-state index contributed by atoms with van der Waals surface area (Å²) in [6.45, 7) is 18.7. The fourth-order valence-corrected chi connectivity index (χ4v) is 4.13. The number of aromatic nitrogens is 2. The number of anilines is 1. The molecule has 1 amide bonds. The Morgan fingerprint density at radius 3 is 2.44 bits per heavy atom. The van der Waals surface area contributed by atoms with Crippen molar-refractivity contribution in [3.63, 3.8) is 0 Å². The molecule has 1 fully saturated rings. The summed E-state index contributed by atoms with van der Waals surface area (Å²) < 4.78 is 26.1. The first-order valence-electron chi connectivity index (χ1n) is 11.7. The van der Waals surface area contributed by atoms with Crippen molar-refractivity contribution in [2.45, 2.75) is 73.0 Å². The van der Waals surface area contributed by atoms with Crippen molar-refractivity contribution in [3.8, 4) is 6.01 Å². The molecule has 1 aromatic rings. The lowest BCUT2D eigenvalue weighted by Gasteiger charge is -2.44. The first-order valence-corrected chi connectivity index (χ1v) is 12.1. The highest BCUT2D eigenvalue weighted by molar-refractivity contribution is 6.34. The summed E-state index contributed by atoms with van der Waals surface area (Å²) in [6.07, 6.45) is 1.27. The van der Waals surface area contributed by atoms with E-state index in [1.807, 2.05) is 27.7 Å². The maximum Gasteiger partial charge on any atom is 0.410 e. The number of methoxy groups -OCH3 is 1. The van der Waals surface area contributed by atoms with Crippen molar-refractivity contribution in [2.75, 3.05) is 31.6 Å². The van der Waals surface area contributed by atoms with E-state index in [2.05, 4.69) is 42.2 Å². The maximum absolute atomic E-state index is 15.2. The van der Waals surface area contributed by atoms with Crippen molar-refractivity contribution in [2.24, 2.45) is 5.92 Å². The minimum absolute atomic E-state index is 0.0446. The van der Waals surface area contributed by atoms with Gasteiger partial charge in [-0.2, -0.15) is 9.97 Å². The van der Waals surface area contributed by atoms with Gasteiger partial charge in [-0.05, 0) is 40.0 Å². The molecular weight excluding hydrogens is 459 g/mol. The summed E-state index contributed by atoms with van der Waals surface area (Å²) >= 11 is 5.95. The second-order valence-electron chi connectivity index (χ2n) is 9.94. The summed E-state index contributed by atoms with van der Waals surface area (Å²) in [5.74, 6) is 0.0387. The number of hydrogen-bond donors (Lipinski definition) is 0. The highest BCUT2D eigenvalue weighted by Crippen LogP contribution is 2.24. The van der Waals surface area contributed by atoms with E-state index < -0.39 is 11.4 Å². The second-order valence-corrected chi connectivity index (χ2v) is 10.4. The molecule has 0 N–H and O–H groups in total. The first kappa shape index (κ1) is 27.9. The van der Waals surface area contributed by atoms with Crippen LogP contribution >= 0.6 is 11.6 Å². The topological polar surface area (TPSA) is 67.8 Å². The summed E-state index contributed by atoms with van der Waals surface area (Å²) in [5.41, 5.74) is 0.369. The lowest BCUT2D eigenvalue weighted by molar-refractivity contribution is 0.0201. The van der Waals surface area contributed by atoms with Gasteiger partial charge in [0.2, 0.25) is 0 Å². The molecule has 1 aromatic heterocycles. The van der Waals surface area contributed by atoms with Crippen LogP contribution in [-0.4, -0.2) is 59.3 Å². The van der Waals surface area contributed by atoms with Crippen LogP contribution in [0.4, 0.5) is 15.0 Å². The number of allylic oxidation sites excluding steroid dienone is 1. The standard InChI is InChI=1S/C25H38ClFN4O3/c1-10-11-16(4)19-21(20(27)17(5)26)28-23(33-9)29-22(19)31-13-12-30(14-18(31)15(2)3)24(32)34-25(6,7)8/h15,18H,5,10-14H2,1-4,6-9H3/b19-16-,21-20-. The van der Waals surface area contributed by atoms with E-state index in [-0.39, 0.29) is 34.4 Å². The molecule has 7 nitrogen and oxygen atoms in total. The number of amides is 1. The Kier molecular flexibility index (Phi) is 9.34. The molecule has 1 aliphatic heterocycles. The Balaban J connectivity index is 2.71. The minimum atomic E-state index is -0.706. The van der Waals surface area contributed by atoms with Crippen LogP contribution in [0.1, 0.15) is 61.3 Å². The largest absolute Gasteiger partial charge is 0.467 e. The van der Waals surface area contributed by atoms with Crippen molar-refractivity contribution in [1.82, 2.24) is 14.9 Å². The van der Waals surface area contributed by atoms with Gasteiger partial charge in [0.25, 0.3) is 0 Å². The van der Waals surface area contributed by atoms with E-state index in [0.717, 1.165) is 18.4 Å². The van der Waals surface area contributed by atoms with Crippen molar-refractivity contribution in [3.05, 3.63) is 22.2 Å². The van der Waals surface area contributed by atoms with Gasteiger partial charge in [-0.1, -0.05) is 50.9 Å². The Labute approximate surface area is 207 Å². The lowest BCUT2D eigenvalue weighted by atomic mass is 9.98. The molecule has 9 heteroatoms. The zero-order valence-corrected chi connectivity index (χ0v) is 22.4. The SMILES string of the molecule is C=C(Cl)/C(F)=c1/nc(OC)nc(N2CCN(C(=O)OC(C)(C)C)CC2C(C)C)/c1=C(/C)CCC. The molecule has 0 bridgehead atoms. The van der Waals surface area contributed by atoms with Crippen LogP contribution in [-0.2, 0) is 4.74 Å². The highest BCUT2D eigenvalue weighted by atomic mass is 35.5. The number of rotatable bonds is 6. The van der Waals surface area contributed by atoms with Gasteiger partial charge in [-0.15, -0.1) is 0 Å². The number of halogens is 2. The predicted molar refractivity (Wildman–Crippen MR) is 135 cm³/mol. The third-order valence-electron chi connectivity index (χ3n) is 5.66. The van der Waals surface area contributed by atoms with Crippen molar-refractivity contribution >= 4 is 34.9 Å². The van der Waals surface area contributed by atoms with Gasteiger partial charge in [0, 0.05) is 24.9 Å². The van der Waals surface area contributed by atoms with Gasteiger partial charge in [0.15, 0.2) is 5.83 Å². The second kappa shape index (κ2) is 11.4. The van der Waals surface area contributed by atoms with E-state index in [1.54, 1.807) is 4.90 Å². The smallest absolute Gasteiger partial charge is 0.410 e. The minimum Gasteiger partial charge on any atom is -0.467 e. The molecule has 0 radical (unpaired) electrons. The molecular formula is C25H38ClFN4O3. The van der Waals surface area contributed by atoms with Crippen LogP contribution < -0.4 is 20.2 Å². The van der Waals surface area contributed by atoms with E-state index in [9.17, 15) is 4.79 Å². The van der Waals surface area contributed by atoms with Gasteiger partial charge in [0.05, 0.1) is 18.2 Å². The Morgan fingerprint density at radius 1 is 1.29 bits per heavy atom. The summed E-state index contributed by atoms with van der Waals surface area (Å²) in [7, 11) is 1.44. The molecule has 1 aliphatic rings. The fraction of sp³-hybridized carbons (Fsp3) is 0.640. The Hall–Kier alpha value is -2.35. The molecule has 0 aromatic carbocycles. The fourth-order valence-electron chi connectivity index (χ4n) is 4.04. The number of hydrogen-bond acceptors (Lipinski definition) is 6. The summed E-state index contributed by atoms with van der Waals surface area (Å²) in [4.78, 5) is 25.6. The molecule has 34 heavy (non-hydrogen) atoms. The van der Waals surface area contributed by atoms with E-state index in [0.29, 0.717) is 30.7 Å². The zero-order chi connectivity index (χ0) is 25.8. The number of carbonyl (C=O) groups is 1. The van der Waals surface area contributed by atoms with E-state index in [4.69, 9.17) is 21.1 Å². The first-order chi connectivity index (χ1) is 15.8. The Bertz CT molecular complexity index is 1040. The van der Waals surface area contributed by atoms with Gasteiger partial charge in [-0.25, -0.2) is 9.18 Å². The maximum atomic E-state index is 15.2. The molecule has 1 unspecified atom stereocenters. The van der Waals surface area contributed by atoms with Gasteiger partial charge < -0.3 is 19.3 Å². The third-order valence-corrected chi connectivity index (χ3v) is 5.83.